The lowest BCUT2D eigenvalue weighted by molar-refractivity contribution is -0.116. The molecule has 2 aromatic rings. The average Bonchev–Trinajstić information content (AvgIpc) is 2.67. The van der Waals surface area contributed by atoms with Crippen LogP contribution in [0.1, 0.15) is 10.4 Å². The monoisotopic (exact) mass is 426 g/mol. The number of benzene rings is 2. The Morgan fingerprint density at radius 1 is 1.11 bits per heavy atom. The number of sulfonamides is 1. The summed E-state index contributed by atoms with van der Waals surface area (Å²) in [6.07, 6.45) is 0. The van der Waals surface area contributed by atoms with Crippen molar-refractivity contribution in [3.05, 3.63) is 53.1 Å². The number of rotatable bonds is 7. The molecule has 0 radical (unpaired) electrons. The van der Waals surface area contributed by atoms with Crippen LogP contribution in [-0.4, -0.2) is 52.4 Å². The molecule has 0 saturated carbocycles. The Labute approximate surface area is 168 Å². The van der Waals surface area contributed by atoms with E-state index in [9.17, 15) is 18.0 Å². The highest BCUT2D eigenvalue weighted by molar-refractivity contribution is 7.89. The molecule has 0 aliphatic heterocycles. The molecule has 10 heteroatoms. The van der Waals surface area contributed by atoms with Crippen molar-refractivity contribution in [2.45, 2.75) is 4.90 Å². The molecule has 1 N–H and O–H groups in total. The van der Waals surface area contributed by atoms with Crippen LogP contribution in [0, 0.1) is 0 Å². The zero-order chi connectivity index (χ0) is 20.9. The van der Waals surface area contributed by atoms with Crippen LogP contribution in [0.4, 0.5) is 5.69 Å². The van der Waals surface area contributed by atoms with Gasteiger partial charge in [-0.15, -0.1) is 0 Å². The number of methoxy groups -OCH3 is 2. The molecule has 0 bridgehead atoms. The quantitative estimate of drug-likeness (QED) is 0.682. The fraction of sp³-hybridized carbons (Fsp3) is 0.222. The van der Waals surface area contributed by atoms with Gasteiger partial charge in [0.2, 0.25) is 15.9 Å². The first-order chi connectivity index (χ1) is 13.2. The number of likely N-dealkylation sites (N-methyl/N-ethyl adjacent to an activating group) is 1. The Balaban J connectivity index is 2.06. The van der Waals surface area contributed by atoms with Gasteiger partial charge in [0.25, 0.3) is 0 Å². The largest absolute Gasteiger partial charge is 0.495 e. The lowest BCUT2D eigenvalue weighted by atomic mass is 10.2. The van der Waals surface area contributed by atoms with Gasteiger partial charge in [-0.2, -0.15) is 4.31 Å². The van der Waals surface area contributed by atoms with Crippen molar-refractivity contribution in [3.63, 3.8) is 0 Å². The summed E-state index contributed by atoms with van der Waals surface area (Å²) in [6.45, 7) is -0.412. The number of anilines is 1. The minimum atomic E-state index is -3.92. The molecule has 8 nitrogen and oxygen atoms in total. The van der Waals surface area contributed by atoms with Crippen molar-refractivity contribution >= 4 is 39.2 Å². The van der Waals surface area contributed by atoms with Gasteiger partial charge in [0.15, 0.2) is 0 Å². The second-order valence-electron chi connectivity index (χ2n) is 5.67. The normalized spacial score (nSPS) is 11.2. The van der Waals surface area contributed by atoms with E-state index in [1.54, 1.807) is 0 Å². The minimum Gasteiger partial charge on any atom is -0.495 e. The summed E-state index contributed by atoms with van der Waals surface area (Å²) in [7, 11) is 0.0496. The van der Waals surface area contributed by atoms with Gasteiger partial charge in [0, 0.05) is 12.7 Å². The van der Waals surface area contributed by atoms with Crippen molar-refractivity contribution in [3.8, 4) is 5.75 Å². The van der Waals surface area contributed by atoms with E-state index in [0.29, 0.717) is 17.0 Å². The third kappa shape index (κ3) is 5.00. The van der Waals surface area contributed by atoms with E-state index in [1.165, 1.54) is 63.7 Å². The number of ether oxygens (including phenoxy) is 2. The van der Waals surface area contributed by atoms with Gasteiger partial charge in [-0.05, 0) is 42.5 Å². The van der Waals surface area contributed by atoms with Crippen LogP contribution >= 0.6 is 11.6 Å². The van der Waals surface area contributed by atoms with Crippen LogP contribution in [0.3, 0.4) is 0 Å². The van der Waals surface area contributed by atoms with Crippen LogP contribution in [0.15, 0.2) is 47.4 Å². The molecule has 0 atom stereocenters. The number of hydrogen-bond donors (Lipinski definition) is 1. The van der Waals surface area contributed by atoms with Gasteiger partial charge in [0.05, 0.1) is 36.2 Å². The summed E-state index contributed by atoms with van der Waals surface area (Å²) in [5.41, 5.74) is 0.743. The number of carbonyl (C=O) groups excluding carboxylic acids is 2. The zero-order valence-corrected chi connectivity index (χ0v) is 17.0. The van der Waals surface area contributed by atoms with Crippen LogP contribution < -0.4 is 10.1 Å². The second-order valence-corrected chi connectivity index (χ2v) is 8.13. The van der Waals surface area contributed by atoms with Crippen LogP contribution in [0.2, 0.25) is 5.02 Å². The Morgan fingerprint density at radius 2 is 1.75 bits per heavy atom. The molecule has 0 aliphatic rings. The minimum absolute atomic E-state index is 0.0592. The highest BCUT2D eigenvalue weighted by Crippen LogP contribution is 2.28. The zero-order valence-electron chi connectivity index (χ0n) is 15.4. The van der Waals surface area contributed by atoms with Gasteiger partial charge in [-0.1, -0.05) is 11.6 Å². The third-order valence-electron chi connectivity index (χ3n) is 3.79. The molecule has 0 spiro atoms. The van der Waals surface area contributed by atoms with E-state index in [2.05, 4.69) is 10.1 Å². The van der Waals surface area contributed by atoms with E-state index in [-0.39, 0.29) is 9.92 Å². The number of halogens is 1. The highest BCUT2D eigenvalue weighted by Gasteiger charge is 2.24. The number of hydrogen-bond acceptors (Lipinski definition) is 6. The summed E-state index contributed by atoms with van der Waals surface area (Å²) in [6, 6.07) is 10.0. The van der Waals surface area contributed by atoms with Crippen molar-refractivity contribution in [2.75, 3.05) is 33.1 Å². The fourth-order valence-corrected chi connectivity index (χ4v) is 3.76. The van der Waals surface area contributed by atoms with Crippen molar-refractivity contribution < 1.29 is 27.5 Å². The molecule has 2 aromatic carbocycles. The number of amides is 1. The lowest BCUT2D eigenvalue weighted by Crippen LogP contribution is -2.35. The number of carbonyl (C=O) groups is 2. The van der Waals surface area contributed by atoms with Gasteiger partial charge in [-0.25, -0.2) is 13.2 Å². The molecular formula is C18H19ClN2O6S. The molecule has 28 heavy (non-hydrogen) atoms. The molecule has 0 aliphatic carbocycles. The van der Waals surface area contributed by atoms with Gasteiger partial charge in [0.1, 0.15) is 5.75 Å². The van der Waals surface area contributed by atoms with E-state index in [1.807, 2.05) is 0 Å². The summed E-state index contributed by atoms with van der Waals surface area (Å²) in [5.74, 6) is -0.699. The van der Waals surface area contributed by atoms with E-state index in [0.717, 1.165) is 4.31 Å². The maximum atomic E-state index is 12.6. The Kier molecular flexibility index (Phi) is 7.00. The third-order valence-corrected chi connectivity index (χ3v) is 5.88. The van der Waals surface area contributed by atoms with Crippen LogP contribution in [0.5, 0.6) is 5.75 Å². The van der Waals surface area contributed by atoms with Crippen LogP contribution in [0.25, 0.3) is 0 Å². The molecule has 1 amide bonds. The predicted octanol–water partition coefficient (Wildman–Crippen LogP) is 2.39. The molecule has 0 fully saturated rings. The Hall–Kier alpha value is -2.62. The van der Waals surface area contributed by atoms with E-state index < -0.39 is 28.4 Å². The van der Waals surface area contributed by atoms with Gasteiger partial charge in [-0.3, -0.25) is 4.79 Å². The SMILES string of the molecule is COC(=O)c1ccc(NC(=O)CN(C)S(=O)(=O)c2ccc(OC)c(Cl)c2)cc1. The number of esters is 1. The highest BCUT2D eigenvalue weighted by atomic mass is 35.5. The first-order valence-electron chi connectivity index (χ1n) is 7.97. The van der Waals surface area contributed by atoms with Crippen molar-refractivity contribution in [2.24, 2.45) is 0 Å². The molecule has 0 aromatic heterocycles. The molecule has 0 saturated heterocycles. The molecule has 2 rings (SSSR count). The van der Waals surface area contributed by atoms with Crippen LogP contribution in [-0.2, 0) is 19.6 Å². The number of nitrogens with one attached hydrogen (secondary N) is 1. The Bertz CT molecular complexity index is 976. The second kappa shape index (κ2) is 9.05. The molecule has 0 heterocycles. The van der Waals surface area contributed by atoms with Gasteiger partial charge >= 0.3 is 5.97 Å². The molecular weight excluding hydrogens is 408 g/mol. The Morgan fingerprint density at radius 3 is 2.29 bits per heavy atom. The first-order valence-corrected chi connectivity index (χ1v) is 9.79. The summed E-state index contributed by atoms with van der Waals surface area (Å²) >= 11 is 5.98. The maximum absolute atomic E-state index is 12.6. The smallest absolute Gasteiger partial charge is 0.337 e. The average molecular weight is 427 g/mol. The van der Waals surface area contributed by atoms with E-state index in [4.69, 9.17) is 16.3 Å². The summed E-state index contributed by atoms with van der Waals surface area (Å²) in [4.78, 5) is 23.5. The number of nitrogens with zero attached hydrogens (tertiary/aromatic N) is 1. The van der Waals surface area contributed by atoms with Crippen molar-refractivity contribution in [1.29, 1.82) is 0 Å². The topological polar surface area (TPSA) is 102 Å². The standard InChI is InChI=1S/C18H19ClN2O6S/c1-21(28(24,25)14-8-9-16(26-2)15(19)10-14)11-17(22)20-13-6-4-12(5-7-13)18(23)27-3/h4-10H,11H2,1-3H3,(H,20,22). The van der Waals surface area contributed by atoms with Gasteiger partial charge < -0.3 is 14.8 Å². The molecule has 150 valence electrons. The fourth-order valence-electron chi connectivity index (χ4n) is 2.28. The predicted molar refractivity (Wildman–Crippen MR) is 104 cm³/mol. The van der Waals surface area contributed by atoms with E-state index >= 15 is 0 Å². The maximum Gasteiger partial charge on any atom is 0.337 e. The summed E-state index contributed by atoms with van der Waals surface area (Å²) < 4.78 is 35.7. The molecule has 0 unspecified atom stereocenters. The lowest BCUT2D eigenvalue weighted by Gasteiger charge is -2.17. The van der Waals surface area contributed by atoms with Crippen molar-refractivity contribution in [1.82, 2.24) is 4.31 Å². The first kappa shape index (κ1) is 21.7. The summed E-state index contributed by atoms with van der Waals surface area (Å²) in [5, 5.41) is 2.71.